The molecule has 0 bridgehead atoms. The van der Waals surface area contributed by atoms with E-state index in [0.29, 0.717) is 19.3 Å². The van der Waals surface area contributed by atoms with Crippen LogP contribution in [-0.2, 0) is 28.6 Å². The van der Waals surface area contributed by atoms with E-state index >= 15 is 0 Å². The molecule has 0 heterocycles. The fraction of sp³-hybridized carbons (Fsp3) is 0.864. The predicted molar refractivity (Wildman–Crippen MR) is 312 cm³/mol. The Bertz CT molecular complexity index is 1210. The number of carbonyl (C=O) groups is 3. The molecule has 0 aromatic carbocycles. The molecular weight excluding hydrogens is 889 g/mol. The Balaban J connectivity index is 4.25. The second-order valence-corrected chi connectivity index (χ2v) is 21.7. The fourth-order valence-corrected chi connectivity index (χ4v) is 9.64. The van der Waals surface area contributed by atoms with Crippen molar-refractivity contribution in [2.45, 2.75) is 354 Å². The lowest BCUT2D eigenvalue weighted by Crippen LogP contribution is -2.30. The molecule has 0 saturated carbocycles. The molecule has 0 aromatic heterocycles. The zero-order chi connectivity index (χ0) is 52.2. The molecule has 0 radical (unpaired) electrons. The zero-order valence-electron chi connectivity index (χ0n) is 48.5. The third-order valence-electron chi connectivity index (χ3n) is 14.4. The van der Waals surface area contributed by atoms with E-state index in [2.05, 4.69) is 57.2 Å². The van der Waals surface area contributed by atoms with Gasteiger partial charge in [-0.2, -0.15) is 0 Å². The average molecular weight is 1010 g/mol. The Kier molecular flexibility index (Phi) is 59.2. The first-order chi connectivity index (χ1) is 35.5. The molecule has 6 nitrogen and oxygen atoms in total. The van der Waals surface area contributed by atoms with E-state index in [4.69, 9.17) is 14.2 Å². The van der Waals surface area contributed by atoms with Crippen LogP contribution < -0.4 is 0 Å². The second kappa shape index (κ2) is 61.2. The Morgan fingerprint density at radius 2 is 0.542 bits per heavy atom. The molecule has 1 atom stereocenters. The Labute approximate surface area is 448 Å². The van der Waals surface area contributed by atoms with E-state index < -0.39 is 6.10 Å². The number of carbonyl (C=O) groups excluding carboxylic acids is 3. The van der Waals surface area contributed by atoms with E-state index in [1.165, 1.54) is 212 Å². The van der Waals surface area contributed by atoms with Gasteiger partial charge in [-0.25, -0.2) is 0 Å². The molecule has 0 spiro atoms. The lowest BCUT2D eigenvalue weighted by atomic mass is 10.0. The number of esters is 3. The van der Waals surface area contributed by atoms with Gasteiger partial charge in [0.1, 0.15) is 13.2 Å². The van der Waals surface area contributed by atoms with Crippen molar-refractivity contribution in [2.75, 3.05) is 13.2 Å². The highest BCUT2D eigenvalue weighted by atomic mass is 16.6. The largest absolute Gasteiger partial charge is 0.462 e. The van der Waals surface area contributed by atoms with Crippen molar-refractivity contribution in [3.05, 3.63) is 36.5 Å². The number of unbranched alkanes of at least 4 members (excludes halogenated alkanes) is 42. The van der Waals surface area contributed by atoms with Crippen LogP contribution >= 0.6 is 0 Å². The molecule has 0 aliphatic carbocycles. The minimum absolute atomic E-state index is 0.0740. The van der Waals surface area contributed by atoms with Gasteiger partial charge in [0.15, 0.2) is 6.10 Å². The lowest BCUT2D eigenvalue weighted by molar-refractivity contribution is -0.167. The molecule has 0 saturated heterocycles. The molecule has 0 fully saturated rings. The molecular formula is C66H122O6. The number of hydrogen-bond donors (Lipinski definition) is 0. The SMILES string of the molecule is CC/C=C\C/C=C\C/C=C\CCCCCCCC(=O)OC(COC(=O)CCCCCCCCCCCCCCCCC)COC(=O)CCCCCCCCCCCCCCCCCCCCCCCCCC. The van der Waals surface area contributed by atoms with Crippen LogP contribution in [0.1, 0.15) is 348 Å². The molecule has 0 rings (SSSR count). The van der Waals surface area contributed by atoms with Gasteiger partial charge in [0.2, 0.25) is 0 Å². The third kappa shape index (κ3) is 58.5. The van der Waals surface area contributed by atoms with E-state index in [0.717, 1.165) is 96.3 Å². The minimum atomic E-state index is -0.778. The summed E-state index contributed by atoms with van der Waals surface area (Å²) in [5.41, 5.74) is 0. The molecule has 422 valence electrons. The maximum Gasteiger partial charge on any atom is 0.306 e. The van der Waals surface area contributed by atoms with Crippen molar-refractivity contribution in [3.63, 3.8) is 0 Å². The average Bonchev–Trinajstić information content (AvgIpc) is 3.38. The summed E-state index contributed by atoms with van der Waals surface area (Å²) in [6.45, 7) is 6.58. The standard InChI is InChI=1S/C66H122O6/c1-4-7-10-13-16-19-22-25-28-29-30-31-32-33-34-35-36-39-41-44-47-50-53-56-59-65(68)71-62-63(72-66(69)60-57-54-51-48-45-42-38-27-24-21-18-15-12-9-6-3)61-70-64(67)58-55-52-49-46-43-40-37-26-23-20-17-14-11-8-5-2/h9,12,18,21,27,38,63H,4-8,10-11,13-17,19-20,22-26,28-37,39-62H2,1-3H3/b12-9-,21-18-,38-27-. The first-order valence-corrected chi connectivity index (χ1v) is 32.0. The summed E-state index contributed by atoms with van der Waals surface area (Å²) in [5, 5.41) is 0. The Hall–Kier alpha value is -2.37. The van der Waals surface area contributed by atoms with Gasteiger partial charge in [0.05, 0.1) is 0 Å². The van der Waals surface area contributed by atoms with Crippen molar-refractivity contribution in [2.24, 2.45) is 0 Å². The van der Waals surface area contributed by atoms with Crippen LogP contribution in [0.3, 0.4) is 0 Å². The highest BCUT2D eigenvalue weighted by Gasteiger charge is 2.19. The number of allylic oxidation sites excluding steroid dienone is 6. The molecule has 0 N–H and O–H groups in total. The number of rotatable bonds is 59. The van der Waals surface area contributed by atoms with Crippen LogP contribution in [0.25, 0.3) is 0 Å². The molecule has 0 aromatic rings. The summed E-state index contributed by atoms with van der Waals surface area (Å²) in [5.74, 6) is -0.866. The molecule has 0 amide bonds. The van der Waals surface area contributed by atoms with Gasteiger partial charge in [-0.05, 0) is 51.4 Å². The van der Waals surface area contributed by atoms with Crippen molar-refractivity contribution >= 4 is 17.9 Å². The molecule has 0 aliphatic heterocycles. The van der Waals surface area contributed by atoms with E-state index in [9.17, 15) is 14.4 Å². The molecule has 6 heteroatoms. The topological polar surface area (TPSA) is 78.9 Å². The monoisotopic (exact) mass is 1010 g/mol. The molecule has 1 unspecified atom stereocenters. The highest BCUT2D eigenvalue weighted by molar-refractivity contribution is 5.71. The van der Waals surface area contributed by atoms with Crippen LogP contribution in [0, 0.1) is 0 Å². The lowest BCUT2D eigenvalue weighted by Gasteiger charge is -2.18. The van der Waals surface area contributed by atoms with Gasteiger partial charge in [-0.3, -0.25) is 14.4 Å². The van der Waals surface area contributed by atoms with Crippen molar-refractivity contribution in [1.29, 1.82) is 0 Å². The zero-order valence-corrected chi connectivity index (χ0v) is 48.5. The Morgan fingerprint density at radius 3 is 0.847 bits per heavy atom. The van der Waals surface area contributed by atoms with E-state index in [1.807, 2.05) is 0 Å². The predicted octanol–water partition coefficient (Wildman–Crippen LogP) is 21.6. The van der Waals surface area contributed by atoms with Gasteiger partial charge in [0, 0.05) is 19.3 Å². The van der Waals surface area contributed by atoms with Crippen molar-refractivity contribution in [3.8, 4) is 0 Å². The summed E-state index contributed by atoms with van der Waals surface area (Å²) < 4.78 is 16.9. The van der Waals surface area contributed by atoms with Crippen LogP contribution in [-0.4, -0.2) is 37.2 Å². The van der Waals surface area contributed by atoms with Crippen LogP contribution in [0.2, 0.25) is 0 Å². The molecule has 72 heavy (non-hydrogen) atoms. The third-order valence-corrected chi connectivity index (χ3v) is 14.4. The first kappa shape index (κ1) is 69.6. The van der Waals surface area contributed by atoms with Gasteiger partial charge in [-0.1, -0.05) is 314 Å². The maximum absolute atomic E-state index is 12.9. The smallest absolute Gasteiger partial charge is 0.306 e. The molecule has 0 aliphatic rings. The summed E-state index contributed by atoms with van der Waals surface area (Å²) in [7, 11) is 0. The number of ether oxygens (including phenoxy) is 3. The van der Waals surface area contributed by atoms with Crippen LogP contribution in [0.5, 0.6) is 0 Å². The van der Waals surface area contributed by atoms with Crippen molar-refractivity contribution in [1.82, 2.24) is 0 Å². The van der Waals surface area contributed by atoms with Gasteiger partial charge in [-0.15, -0.1) is 0 Å². The van der Waals surface area contributed by atoms with Crippen molar-refractivity contribution < 1.29 is 28.6 Å². The van der Waals surface area contributed by atoms with Crippen LogP contribution in [0.15, 0.2) is 36.5 Å². The fourth-order valence-electron chi connectivity index (χ4n) is 9.64. The summed E-state index contributed by atoms with van der Waals surface area (Å²) in [4.78, 5) is 38.3. The van der Waals surface area contributed by atoms with Crippen LogP contribution in [0.4, 0.5) is 0 Å². The van der Waals surface area contributed by atoms with E-state index in [-0.39, 0.29) is 31.1 Å². The number of hydrogen-bond acceptors (Lipinski definition) is 6. The Morgan fingerprint density at radius 1 is 0.292 bits per heavy atom. The van der Waals surface area contributed by atoms with Gasteiger partial charge in [0.25, 0.3) is 0 Å². The van der Waals surface area contributed by atoms with Gasteiger partial charge >= 0.3 is 17.9 Å². The highest BCUT2D eigenvalue weighted by Crippen LogP contribution is 2.18. The summed E-state index contributed by atoms with van der Waals surface area (Å²) in [6, 6.07) is 0. The van der Waals surface area contributed by atoms with E-state index in [1.54, 1.807) is 0 Å². The second-order valence-electron chi connectivity index (χ2n) is 21.7. The normalized spacial score (nSPS) is 12.2. The quantitative estimate of drug-likeness (QED) is 0.0261. The maximum atomic E-state index is 12.9. The first-order valence-electron chi connectivity index (χ1n) is 32.0. The summed E-state index contributed by atoms with van der Waals surface area (Å²) >= 11 is 0. The van der Waals surface area contributed by atoms with Gasteiger partial charge < -0.3 is 14.2 Å². The summed E-state index contributed by atoms with van der Waals surface area (Å²) in [6.07, 6.45) is 74.4. The minimum Gasteiger partial charge on any atom is -0.462 e.